The highest BCUT2D eigenvalue weighted by Crippen LogP contribution is 2.16. The number of hydrogen-bond donors (Lipinski definition) is 1. The molecule has 0 amide bonds. The summed E-state index contributed by atoms with van der Waals surface area (Å²) in [5, 5.41) is 3.38. The van der Waals surface area contributed by atoms with Crippen molar-refractivity contribution >= 4 is 5.95 Å². The van der Waals surface area contributed by atoms with E-state index >= 15 is 0 Å². The van der Waals surface area contributed by atoms with Crippen molar-refractivity contribution in [1.82, 2.24) is 20.2 Å². The third-order valence-electron chi connectivity index (χ3n) is 3.76. The van der Waals surface area contributed by atoms with Gasteiger partial charge in [0, 0.05) is 57.7 Å². The van der Waals surface area contributed by atoms with Crippen LogP contribution < -0.4 is 10.2 Å². The van der Waals surface area contributed by atoms with Gasteiger partial charge in [-0.15, -0.1) is 0 Å². The number of hydrogen-bond acceptors (Lipinski definition) is 5. The topological polar surface area (TPSA) is 44.3 Å². The lowest BCUT2D eigenvalue weighted by Gasteiger charge is -2.29. The third-order valence-corrected chi connectivity index (χ3v) is 3.76. The first kappa shape index (κ1) is 15.2. The number of aryl methyl sites for hydroxylation is 1. The van der Waals surface area contributed by atoms with E-state index < -0.39 is 0 Å². The molecule has 1 N–H and O–H groups in total. The predicted octanol–water partition coefficient (Wildman–Crippen LogP) is 1.25. The van der Waals surface area contributed by atoms with Gasteiger partial charge in [0.15, 0.2) is 0 Å². The maximum absolute atomic E-state index is 4.68. The van der Waals surface area contributed by atoms with Crippen LogP contribution in [0.2, 0.25) is 0 Å². The first-order chi connectivity index (χ1) is 9.56. The zero-order valence-electron chi connectivity index (χ0n) is 13.2. The molecule has 0 saturated carbocycles. The van der Waals surface area contributed by atoms with Gasteiger partial charge in [0.25, 0.3) is 0 Å². The number of aromatic nitrogens is 2. The molecule has 1 aliphatic heterocycles. The molecule has 2 rings (SSSR count). The maximum atomic E-state index is 4.68. The monoisotopic (exact) mass is 277 g/mol. The second kappa shape index (κ2) is 6.99. The van der Waals surface area contributed by atoms with Crippen LogP contribution in [0.1, 0.15) is 31.2 Å². The van der Waals surface area contributed by atoms with Gasteiger partial charge in [-0.1, -0.05) is 13.8 Å². The second-order valence-corrected chi connectivity index (χ2v) is 5.90. The molecular formula is C15H27N5. The van der Waals surface area contributed by atoms with Crippen LogP contribution in [0.15, 0.2) is 6.07 Å². The summed E-state index contributed by atoms with van der Waals surface area (Å²) in [5.41, 5.74) is 2.18. The van der Waals surface area contributed by atoms with E-state index in [1.54, 1.807) is 0 Å². The summed E-state index contributed by atoms with van der Waals surface area (Å²) in [6.07, 6.45) is 0. The first-order valence-electron chi connectivity index (χ1n) is 7.56. The molecule has 0 bridgehead atoms. The largest absolute Gasteiger partial charge is 0.343 e. The summed E-state index contributed by atoms with van der Waals surface area (Å²) in [7, 11) is 2.08. The number of likely N-dealkylation sites (N-methyl/N-ethyl adjacent to an activating group) is 1. The molecule has 20 heavy (non-hydrogen) atoms. The fraction of sp³-hybridized carbons (Fsp3) is 0.733. The SMILES string of the molecule is Cc1cc(C(C)C)nc(N(C)CCN2CCNCC2)n1. The van der Waals surface area contributed by atoms with Crippen molar-refractivity contribution < 1.29 is 0 Å². The average Bonchev–Trinajstić information content (AvgIpc) is 2.45. The minimum atomic E-state index is 0.442. The van der Waals surface area contributed by atoms with Gasteiger partial charge < -0.3 is 10.2 Å². The van der Waals surface area contributed by atoms with Gasteiger partial charge in [0.1, 0.15) is 0 Å². The number of rotatable bonds is 5. The standard InChI is InChI=1S/C15H27N5/c1-12(2)14-11-13(3)17-15(18-14)19(4)9-10-20-7-5-16-6-8-20/h11-12,16H,5-10H2,1-4H3. The van der Waals surface area contributed by atoms with Crippen LogP contribution in [0, 0.1) is 6.92 Å². The maximum Gasteiger partial charge on any atom is 0.225 e. The van der Waals surface area contributed by atoms with Crippen LogP contribution in [-0.2, 0) is 0 Å². The molecule has 1 fully saturated rings. The Morgan fingerprint density at radius 3 is 2.65 bits per heavy atom. The Morgan fingerprint density at radius 2 is 2.00 bits per heavy atom. The minimum absolute atomic E-state index is 0.442. The Hall–Kier alpha value is -1.20. The number of nitrogens with one attached hydrogen (secondary N) is 1. The molecule has 0 aliphatic carbocycles. The molecule has 0 unspecified atom stereocenters. The van der Waals surface area contributed by atoms with Gasteiger partial charge in [-0.05, 0) is 18.9 Å². The van der Waals surface area contributed by atoms with Crippen molar-refractivity contribution in [2.45, 2.75) is 26.7 Å². The van der Waals surface area contributed by atoms with Crippen molar-refractivity contribution in [2.24, 2.45) is 0 Å². The Bertz CT molecular complexity index is 426. The summed E-state index contributed by atoms with van der Waals surface area (Å²) in [5.74, 6) is 1.29. The van der Waals surface area contributed by atoms with Gasteiger partial charge >= 0.3 is 0 Å². The average molecular weight is 277 g/mol. The molecule has 1 aromatic heterocycles. The van der Waals surface area contributed by atoms with Crippen molar-refractivity contribution in [2.75, 3.05) is 51.2 Å². The minimum Gasteiger partial charge on any atom is -0.343 e. The van der Waals surface area contributed by atoms with Crippen molar-refractivity contribution in [1.29, 1.82) is 0 Å². The fourth-order valence-electron chi connectivity index (χ4n) is 2.37. The zero-order valence-corrected chi connectivity index (χ0v) is 13.2. The predicted molar refractivity (Wildman–Crippen MR) is 83.4 cm³/mol. The number of nitrogens with zero attached hydrogens (tertiary/aromatic N) is 4. The van der Waals surface area contributed by atoms with Gasteiger partial charge in [0.05, 0.1) is 0 Å². The van der Waals surface area contributed by atoms with Gasteiger partial charge in [-0.3, -0.25) is 4.90 Å². The first-order valence-corrected chi connectivity index (χ1v) is 7.56. The van der Waals surface area contributed by atoms with Gasteiger partial charge in [-0.2, -0.15) is 0 Å². The Balaban J connectivity index is 1.95. The van der Waals surface area contributed by atoms with Crippen LogP contribution in [0.5, 0.6) is 0 Å². The lowest BCUT2D eigenvalue weighted by atomic mass is 10.1. The summed E-state index contributed by atoms with van der Waals surface area (Å²) in [6.45, 7) is 12.9. The molecule has 0 atom stereocenters. The smallest absolute Gasteiger partial charge is 0.225 e. The van der Waals surface area contributed by atoms with E-state index in [0.717, 1.165) is 56.6 Å². The third kappa shape index (κ3) is 4.15. The van der Waals surface area contributed by atoms with Crippen molar-refractivity contribution in [3.63, 3.8) is 0 Å². The summed E-state index contributed by atoms with van der Waals surface area (Å²) >= 11 is 0. The molecule has 1 saturated heterocycles. The lowest BCUT2D eigenvalue weighted by Crippen LogP contribution is -2.46. The second-order valence-electron chi connectivity index (χ2n) is 5.90. The Morgan fingerprint density at radius 1 is 1.30 bits per heavy atom. The van der Waals surface area contributed by atoms with Crippen LogP contribution in [0.4, 0.5) is 5.95 Å². The van der Waals surface area contributed by atoms with E-state index in [0.29, 0.717) is 5.92 Å². The Labute approximate surface area is 122 Å². The molecule has 112 valence electrons. The molecule has 2 heterocycles. The molecule has 1 aliphatic rings. The summed E-state index contributed by atoms with van der Waals surface area (Å²) < 4.78 is 0. The van der Waals surface area contributed by atoms with Gasteiger partial charge in [0.2, 0.25) is 5.95 Å². The van der Waals surface area contributed by atoms with Crippen LogP contribution in [0.3, 0.4) is 0 Å². The highest BCUT2D eigenvalue weighted by molar-refractivity contribution is 5.32. The lowest BCUT2D eigenvalue weighted by molar-refractivity contribution is 0.246. The van der Waals surface area contributed by atoms with E-state index in [4.69, 9.17) is 0 Å². The van der Waals surface area contributed by atoms with E-state index in [2.05, 4.69) is 52.0 Å². The number of piperazine rings is 1. The molecule has 5 nitrogen and oxygen atoms in total. The Kier molecular flexibility index (Phi) is 5.31. The number of anilines is 1. The zero-order chi connectivity index (χ0) is 14.5. The molecule has 0 spiro atoms. The van der Waals surface area contributed by atoms with E-state index in [1.807, 2.05) is 6.92 Å². The molecule has 0 aromatic carbocycles. The van der Waals surface area contributed by atoms with Crippen LogP contribution in [0.25, 0.3) is 0 Å². The highest BCUT2D eigenvalue weighted by atomic mass is 15.3. The van der Waals surface area contributed by atoms with Gasteiger partial charge in [-0.25, -0.2) is 9.97 Å². The fourth-order valence-corrected chi connectivity index (χ4v) is 2.37. The molecule has 1 aromatic rings. The van der Waals surface area contributed by atoms with E-state index in [-0.39, 0.29) is 0 Å². The summed E-state index contributed by atoms with van der Waals surface area (Å²) in [6, 6.07) is 2.08. The van der Waals surface area contributed by atoms with E-state index in [1.165, 1.54) is 0 Å². The highest BCUT2D eigenvalue weighted by Gasteiger charge is 2.13. The van der Waals surface area contributed by atoms with Crippen LogP contribution in [-0.4, -0.2) is 61.2 Å². The summed E-state index contributed by atoms with van der Waals surface area (Å²) in [4.78, 5) is 13.9. The molecular weight excluding hydrogens is 250 g/mol. The quantitative estimate of drug-likeness (QED) is 0.877. The van der Waals surface area contributed by atoms with E-state index in [9.17, 15) is 0 Å². The molecule has 0 radical (unpaired) electrons. The van der Waals surface area contributed by atoms with Crippen molar-refractivity contribution in [3.8, 4) is 0 Å². The van der Waals surface area contributed by atoms with Crippen molar-refractivity contribution in [3.05, 3.63) is 17.5 Å². The molecule has 5 heteroatoms. The normalized spacial score (nSPS) is 16.6. The van der Waals surface area contributed by atoms with Crippen LogP contribution >= 0.6 is 0 Å².